The van der Waals surface area contributed by atoms with E-state index in [1.165, 1.54) is 16.6 Å². The van der Waals surface area contributed by atoms with Crippen LogP contribution >= 0.6 is 11.3 Å². The van der Waals surface area contributed by atoms with Crippen molar-refractivity contribution in [3.05, 3.63) is 49.9 Å². The number of hydrogen-bond donors (Lipinski definition) is 3. The van der Waals surface area contributed by atoms with E-state index in [0.717, 1.165) is 37.0 Å². The molecular weight excluding hydrogens is 417 g/mol. The molecule has 2 aromatic heterocycles. The largest absolute Gasteiger partial charge is 0.477 e. The molecule has 162 valence electrons. The number of nitrogen functional groups attached to an aromatic ring is 1. The molecule has 8 heteroatoms. The number of aryl methyl sites for hydroxylation is 2. The van der Waals surface area contributed by atoms with Crippen LogP contribution < -0.4 is 16.5 Å². The van der Waals surface area contributed by atoms with Gasteiger partial charge in [-0.25, -0.2) is 9.18 Å². The number of aromatic carboxylic acids is 1. The standard InChI is InChI=1S/C23H24FN3O3S/c1-10-17(16-8-12-14(26-2)4-3-5-15(12)31-16)19(24)20(25)18-21(10)27(11-6-7-11)9-13(22(18)28)23(29)30/h8-9,11,14,26H,3-7,25H2,1-2H3,(H,29,30). The Bertz CT molecular complexity index is 1310. The molecule has 1 atom stereocenters. The molecule has 0 saturated heterocycles. The molecule has 31 heavy (non-hydrogen) atoms. The predicted octanol–water partition coefficient (Wildman–Crippen LogP) is 4.39. The van der Waals surface area contributed by atoms with Crippen LogP contribution in [0.25, 0.3) is 21.3 Å². The molecule has 2 aliphatic rings. The van der Waals surface area contributed by atoms with Gasteiger partial charge in [0.05, 0.1) is 16.6 Å². The van der Waals surface area contributed by atoms with Gasteiger partial charge >= 0.3 is 5.97 Å². The number of nitrogens with one attached hydrogen (secondary N) is 1. The molecule has 0 bridgehead atoms. The van der Waals surface area contributed by atoms with Gasteiger partial charge in [0.15, 0.2) is 5.82 Å². The number of pyridine rings is 1. The van der Waals surface area contributed by atoms with Crippen LogP contribution in [-0.2, 0) is 6.42 Å². The molecule has 0 amide bonds. The zero-order valence-corrected chi connectivity index (χ0v) is 18.2. The molecule has 4 N–H and O–H groups in total. The summed E-state index contributed by atoms with van der Waals surface area (Å²) < 4.78 is 17.5. The molecule has 2 heterocycles. The average molecular weight is 442 g/mol. The van der Waals surface area contributed by atoms with Gasteiger partial charge in [0.1, 0.15) is 5.56 Å². The Labute approximate surface area is 182 Å². The summed E-state index contributed by atoms with van der Waals surface area (Å²) in [4.78, 5) is 26.6. The van der Waals surface area contributed by atoms with E-state index in [1.807, 2.05) is 17.7 Å². The summed E-state index contributed by atoms with van der Waals surface area (Å²) in [6.07, 6.45) is 6.27. The molecule has 1 unspecified atom stereocenters. The number of benzene rings is 1. The Morgan fingerprint density at radius 3 is 2.74 bits per heavy atom. The first-order valence-electron chi connectivity index (χ1n) is 10.5. The number of nitrogens with zero attached hydrogens (tertiary/aromatic N) is 1. The van der Waals surface area contributed by atoms with Crippen LogP contribution in [0.5, 0.6) is 0 Å². The molecule has 5 rings (SSSR count). The second-order valence-electron chi connectivity index (χ2n) is 8.49. The van der Waals surface area contributed by atoms with E-state index in [4.69, 9.17) is 5.73 Å². The summed E-state index contributed by atoms with van der Waals surface area (Å²) in [5.41, 5.74) is 7.58. The first-order valence-corrected chi connectivity index (χ1v) is 11.3. The van der Waals surface area contributed by atoms with Gasteiger partial charge in [-0.3, -0.25) is 4.79 Å². The highest BCUT2D eigenvalue weighted by Gasteiger charge is 2.31. The molecular formula is C23H24FN3O3S. The van der Waals surface area contributed by atoms with Crippen molar-refractivity contribution in [1.29, 1.82) is 0 Å². The summed E-state index contributed by atoms with van der Waals surface area (Å²) >= 11 is 1.58. The lowest BCUT2D eigenvalue weighted by Crippen LogP contribution is -2.21. The highest BCUT2D eigenvalue weighted by atomic mass is 32.1. The third-order valence-corrected chi connectivity index (χ3v) is 7.80. The van der Waals surface area contributed by atoms with Crippen LogP contribution in [0.4, 0.5) is 10.1 Å². The van der Waals surface area contributed by atoms with Crippen LogP contribution in [0.1, 0.15) is 64.1 Å². The molecule has 0 aliphatic heterocycles. The predicted molar refractivity (Wildman–Crippen MR) is 121 cm³/mol. The number of nitrogens with two attached hydrogens (primary N) is 1. The van der Waals surface area contributed by atoms with E-state index in [0.29, 0.717) is 16.6 Å². The third-order valence-electron chi connectivity index (χ3n) is 6.57. The van der Waals surface area contributed by atoms with E-state index < -0.39 is 17.2 Å². The first kappa shape index (κ1) is 20.2. The van der Waals surface area contributed by atoms with E-state index in [1.54, 1.807) is 18.3 Å². The van der Waals surface area contributed by atoms with Crippen molar-refractivity contribution in [2.45, 2.75) is 51.1 Å². The summed E-state index contributed by atoms with van der Waals surface area (Å²) in [5, 5.41) is 12.8. The molecule has 0 radical (unpaired) electrons. The zero-order chi connectivity index (χ0) is 22.0. The lowest BCUT2D eigenvalue weighted by Gasteiger charge is -2.21. The summed E-state index contributed by atoms with van der Waals surface area (Å²) in [5.74, 6) is -1.97. The maximum atomic E-state index is 15.7. The fourth-order valence-electron chi connectivity index (χ4n) is 4.86. The van der Waals surface area contributed by atoms with E-state index in [2.05, 4.69) is 5.32 Å². The number of carboxylic acid groups (broad SMARTS) is 1. The first-order chi connectivity index (χ1) is 14.8. The Morgan fingerprint density at radius 2 is 2.10 bits per heavy atom. The summed E-state index contributed by atoms with van der Waals surface area (Å²) in [6, 6.07) is 2.39. The van der Waals surface area contributed by atoms with Crippen LogP contribution in [0.2, 0.25) is 0 Å². The van der Waals surface area contributed by atoms with Crippen LogP contribution in [0.3, 0.4) is 0 Å². The Hall–Kier alpha value is -2.71. The Balaban J connectivity index is 1.83. The number of carboxylic acids is 1. The molecule has 1 saturated carbocycles. The van der Waals surface area contributed by atoms with Crippen molar-refractivity contribution in [3.63, 3.8) is 0 Å². The van der Waals surface area contributed by atoms with Gasteiger partial charge in [0, 0.05) is 33.6 Å². The lowest BCUT2D eigenvalue weighted by molar-refractivity contribution is 0.0695. The number of hydrogen-bond acceptors (Lipinski definition) is 5. The normalized spacial score (nSPS) is 18.4. The van der Waals surface area contributed by atoms with Crippen LogP contribution in [0, 0.1) is 12.7 Å². The fraction of sp³-hybridized carbons (Fsp3) is 0.391. The van der Waals surface area contributed by atoms with Gasteiger partial charge in [-0.2, -0.15) is 0 Å². The molecule has 6 nitrogen and oxygen atoms in total. The fourth-order valence-corrected chi connectivity index (χ4v) is 6.22. The average Bonchev–Trinajstić information content (AvgIpc) is 3.49. The Morgan fingerprint density at radius 1 is 1.35 bits per heavy atom. The van der Waals surface area contributed by atoms with Crippen molar-refractivity contribution >= 4 is 33.9 Å². The maximum absolute atomic E-state index is 15.7. The highest BCUT2D eigenvalue weighted by molar-refractivity contribution is 7.15. The number of fused-ring (bicyclic) bond motifs is 2. The van der Waals surface area contributed by atoms with E-state index >= 15 is 4.39 Å². The second kappa shape index (κ2) is 7.17. The monoisotopic (exact) mass is 441 g/mol. The van der Waals surface area contributed by atoms with Gasteiger partial charge in [0.2, 0.25) is 5.43 Å². The topological polar surface area (TPSA) is 97.3 Å². The minimum atomic E-state index is -1.33. The third kappa shape index (κ3) is 3.00. The lowest BCUT2D eigenvalue weighted by atomic mass is 9.92. The summed E-state index contributed by atoms with van der Waals surface area (Å²) in [6.45, 7) is 1.80. The van der Waals surface area contributed by atoms with Crippen LogP contribution in [-0.4, -0.2) is 22.7 Å². The SMILES string of the molecule is CNC1CCCc2sc(-c3c(F)c(N)c4c(=O)c(C(=O)O)cn(C5CC5)c4c3C)cc21. The number of carbonyl (C=O) groups is 1. The molecule has 2 aliphatic carbocycles. The summed E-state index contributed by atoms with van der Waals surface area (Å²) in [7, 11) is 1.94. The van der Waals surface area contributed by atoms with E-state index in [9.17, 15) is 14.7 Å². The number of aromatic nitrogens is 1. The minimum absolute atomic E-state index is 0.0278. The number of thiophene rings is 1. The molecule has 0 spiro atoms. The number of rotatable bonds is 4. The van der Waals surface area contributed by atoms with Crippen molar-refractivity contribution < 1.29 is 14.3 Å². The van der Waals surface area contributed by atoms with E-state index in [-0.39, 0.29) is 28.7 Å². The highest BCUT2D eigenvalue weighted by Crippen LogP contribution is 2.46. The maximum Gasteiger partial charge on any atom is 0.341 e. The second-order valence-corrected chi connectivity index (χ2v) is 9.63. The van der Waals surface area contributed by atoms with Crippen molar-refractivity contribution in [2.24, 2.45) is 0 Å². The van der Waals surface area contributed by atoms with Crippen LogP contribution in [0.15, 0.2) is 17.1 Å². The molecule has 1 fully saturated rings. The van der Waals surface area contributed by atoms with Crippen molar-refractivity contribution in [2.75, 3.05) is 12.8 Å². The van der Waals surface area contributed by atoms with Crippen molar-refractivity contribution in [3.8, 4) is 10.4 Å². The van der Waals surface area contributed by atoms with Crippen molar-refractivity contribution in [1.82, 2.24) is 9.88 Å². The quantitative estimate of drug-likeness (QED) is 0.522. The van der Waals surface area contributed by atoms with Gasteiger partial charge in [-0.15, -0.1) is 11.3 Å². The zero-order valence-electron chi connectivity index (χ0n) is 17.4. The smallest absolute Gasteiger partial charge is 0.341 e. The Kier molecular flexibility index (Phi) is 4.67. The number of anilines is 1. The minimum Gasteiger partial charge on any atom is -0.477 e. The van der Waals surface area contributed by atoms with Gasteiger partial charge in [0.25, 0.3) is 0 Å². The molecule has 1 aromatic carbocycles. The van der Waals surface area contributed by atoms with Gasteiger partial charge in [-0.05, 0) is 63.3 Å². The van der Waals surface area contributed by atoms with Gasteiger partial charge < -0.3 is 20.7 Å². The number of halogens is 1. The van der Waals surface area contributed by atoms with Gasteiger partial charge in [-0.1, -0.05) is 0 Å². The molecule has 3 aromatic rings.